The Morgan fingerprint density at radius 2 is 2.04 bits per heavy atom. The average Bonchev–Trinajstić information content (AvgIpc) is 3.13. The number of likely N-dealkylation sites (tertiary alicyclic amines) is 1. The van der Waals surface area contributed by atoms with Crippen molar-refractivity contribution in [2.45, 2.75) is 46.5 Å². The van der Waals surface area contributed by atoms with Crippen molar-refractivity contribution in [2.24, 2.45) is 5.92 Å². The van der Waals surface area contributed by atoms with E-state index in [0.717, 1.165) is 29.8 Å². The predicted molar refractivity (Wildman–Crippen MR) is 108 cm³/mol. The number of nitrogens with zero attached hydrogens (tertiary/aromatic N) is 3. The molecule has 6 heteroatoms. The molecule has 0 radical (unpaired) electrons. The first-order chi connectivity index (χ1) is 13.4. The molecule has 28 heavy (non-hydrogen) atoms. The van der Waals surface area contributed by atoms with E-state index in [0.29, 0.717) is 25.3 Å². The Morgan fingerprint density at radius 3 is 2.71 bits per heavy atom. The minimum Gasteiger partial charge on any atom is -0.466 e. The molecule has 1 aliphatic rings. The van der Waals surface area contributed by atoms with Gasteiger partial charge in [0.25, 0.3) is 5.91 Å². The zero-order valence-electron chi connectivity index (χ0n) is 17.1. The summed E-state index contributed by atoms with van der Waals surface area (Å²) in [7, 11) is 0. The maximum absolute atomic E-state index is 13.3. The van der Waals surface area contributed by atoms with Crippen LogP contribution in [0.25, 0.3) is 5.69 Å². The van der Waals surface area contributed by atoms with Gasteiger partial charge in [-0.3, -0.25) is 9.59 Å². The molecule has 1 atom stereocenters. The summed E-state index contributed by atoms with van der Waals surface area (Å²) in [5.74, 6) is -0.379. The molecule has 0 saturated carbocycles. The number of hydrogen-bond donors (Lipinski definition) is 0. The molecule has 1 aromatic heterocycles. The molecule has 1 aromatic carbocycles. The van der Waals surface area contributed by atoms with Crippen LogP contribution in [0.15, 0.2) is 30.5 Å². The highest BCUT2D eigenvalue weighted by molar-refractivity contribution is 5.96. The van der Waals surface area contributed by atoms with Crippen LogP contribution in [-0.2, 0) is 9.53 Å². The van der Waals surface area contributed by atoms with Gasteiger partial charge < -0.3 is 9.64 Å². The van der Waals surface area contributed by atoms with Gasteiger partial charge in [-0.25, -0.2) is 4.68 Å². The molecular formula is C22H29N3O3. The summed E-state index contributed by atoms with van der Waals surface area (Å²) in [6.45, 7) is 9.41. The van der Waals surface area contributed by atoms with Crippen LogP contribution >= 0.6 is 0 Å². The summed E-state index contributed by atoms with van der Waals surface area (Å²) < 4.78 is 7.03. The van der Waals surface area contributed by atoms with Crippen LogP contribution < -0.4 is 0 Å². The normalized spacial score (nSPS) is 17.0. The zero-order valence-corrected chi connectivity index (χ0v) is 17.1. The van der Waals surface area contributed by atoms with E-state index in [2.05, 4.69) is 18.9 Å². The minimum atomic E-state index is -0.244. The molecule has 1 fully saturated rings. The summed E-state index contributed by atoms with van der Waals surface area (Å²) in [5.41, 5.74) is 3.60. The first-order valence-corrected chi connectivity index (χ1v) is 10.0. The average molecular weight is 383 g/mol. The number of aromatic nitrogens is 2. The summed E-state index contributed by atoms with van der Waals surface area (Å²) in [4.78, 5) is 27.2. The number of piperidine rings is 1. The number of hydrogen-bond acceptors (Lipinski definition) is 4. The number of rotatable bonds is 5. The standard InChI is InChI=1S/C22H29N3O3/c1-5-28-22(27)17-10-8-12-24(14-17)21(26)18-13-23-25(20(18)15(2)3)19-11-7-6-9-16(19)4/h6-7,9,11,13,15,17H,5,8,10,12,14H2,1-4H3/t17-/m1/s1. The molecule has 150 valence electrons. The molecular weight excluding hydrogens is 354 g/mol. The number of ether oxygens (including phenoxy) is 1. The smallest absolute Gasteiger partial charge is 0.310 e. The molecule has 1 saturated heterocycles. The Bertz CT molecular complexity index is 856. The Hall–Kier alpha value is -2.63. The molecule has 6 nitrogen and oxygen atoms in total. The highest BCUT2D eigenvalue weighted by atomic mass is 16.5. The van der Waals surface area contributed by atoms with Crippen LogP contribution in [0.5, 0.6) is 0 Å². The van der Waals surface area contributed by atoms with E-state index < -0.39 is 0 Å². The number of esters is 1. The Kier molecular flexibility index (Phi) is 6.17. The number of amides is 1. The SMILES string of the molecule is CCOC(=O)[C@@H]1CCCN(C(=O)c2cnn(-c3ccccc3C)c2C(C)C)C1. The van der Waals surface area contributed by atoms with E-state index >= 15 is 0 Å². The lowest BCUT2D eigenvalue weighted by molar-refractivity contribution is -0.149. The van der Waals surface area contributed by atoms with Gasteiger partial charge in [0.05, 0.1) is 35.7 Å². The van der Waals surface area contributed by atoms with Crippen molar-refractivity contribution in [1.82, 2.24) is 14.7 Å². The fourth-order valence-electron chi connectivity index (χ4n) is 3.86. The number of carbonyl (C=O) groups excluding carboxylic acids is 2. The van der Waals surface area contributed by atoms with Crippen LogP contribution in [0.3, 0.4) is 0 Å². The van der Waals surface area contributed by atoms with Crippen molar-refractivity contribution < 1.29 is 14.3 Å². The molecule has 0 aliphatic carbocycles. The second-order valence-electron chi connectivity index (χ2n) is 7.64. The number of carbonyl (C=O) groups is 2. The second kappa shape index (κ2) is 8.59. The second-order valence-corrected chi connectivity index (χ2v) is 7.64. The van der Waals surface area contributed by atoms with Gasteiger partial charge in [-0.05, 0) is 44.2 Å². The minimum absolute atomic E-state index is 0.0578. The number of benzene rings is 1. The summed E-state index contributed by atoms with van der Waals surface area (Å²) in [6.07, 6.45) is 3.23. The third-order valence-corrected chi connectivity index (χ3v) is 5.26. The largest absolute Gasteiger partial charge is 0.466 e. The van der Waals surface area contributed by atoms with Crippen LogP contribution in [0.4, 0.5) is 0 Å². The van der Waals surface area contributed by atoms with Crippen LogP contribution in [0.1, 0.15) is 61.1 Å². The van der Waals surface area contributed by atoms with E-state index in [1.54, 1.807) is 18.0 Å². The molecule has 1 amide bonds. The monoisotopic (exact) mass is 383 g/mol. The van der Waals surface area contributed by atoms with Gasteiger partial charge >= 0.3 is 5.97 Å². The molecule has 1 aliphatic heterocycles. The van der Waals surface area contributed by atoms with Crippen molar-refractivity contribution in [3.05, 3.63) is 47.3 Å². The van der Waals surface area contributed by atoms with Gasteiger partial charge in [-0.15, -0.1) is 0 Å². The maximum Gasteiger partial charge on any atom is 0.310 e. The highest BCUT2D eigenvalue weighted by Crippen LogP contribution is 2.27. The van der Waals surface area contributed by atoms with Crippen LogP contribution in [0, 0.1) is 12.8 Å². The lowest BCUT2D eigenvalue weighted by Gasteiger charge is -2.31. The van der Waals surface area contributed by atoms with Crippen molar-refractivity contribution in [3.8, 4) is 5.69 Å². The number of aryl methyl sites for hydroxylation is 1. The van der Waals surface area contributed by atoms with E-state index in [9.17, 15) is 9.59 Å². The maximum atomic E-state index is 13.3. The van der Waals surface area contributed by atoms with Gasteiger partial charge in [0.15, 0.2) is 0 Å². The van der Waals surface area contributed by atoms with E-state index in [-0.39, 0.29) is 23.7 Å². The van der Waals surface area contributed by atoms with E-state index in [1.807, 2.05) is 35.9 Å². The van der Waals surface area contributed by atoms with Gasteiger partial charge in [0.2, 0.25) is 0 Å². The summed E-state index contributed by atoms with van der Waals surface area (Å²) >= 11 is 0. The van der Waals surface area contributed by atoms with Gasteiger partial charge in [0, 0.05) is 13.1 Å². The first kappa shape index (κ1) is 20.1. The molecule has 0 bridgehead atoms. The first-order valence-electron chi connectivity index (χ1n) is 10.0. The van der Waals surface area contributed by atoms with E-state index in [1.165, 1.54) is 0 Å². The van der Waals surface area contributed by atoms with Crippen molar-refractivity contribution in [2.75, 3.05) is 19.7 Å². The van der Waals surface area contributed by atoms with Crippen molar-refractivity contribution >= 4 is 11.9 Å². The van der Waals surface area contributed by atoms with Crippen molar-refractivity contribution in [3.63, 3.8) is 0 Å². The number of para-hydroxylation sites is 1. The molecule has 2 heterocycles. The van der Waals surface area contributed by atoms with Crippen molar-refractivity contribution in [1.29, 1.82) is 0 Å². The molecule has 2 aromatic rings. The Labute approximate surface area is 166 Å². The van der Waals surface area contributed by atoms with Gasteiger partial charge in [-0.1, -0.05) is 32.0 Å². The Balaban J connectivity index is 1.90. The van der Waals surface area contributed by atoms with E-state index in [4.69, 9.17) is 4.74 Å². The van der Waals surface area contributed by atoms with Gasteiger partial charge in [-0.2, -0.15) is 5.10 Å². The summed E-state index contributed by atoms with van der Waals surface area (Å²) in [5, 5.41) is 4.55. The molecule has 0 spiro atoms. The predicted octanol–water partition coefficient (Wildman–Crippen LogP) is 3.72. The third kappa shape index (κ3) is 3.96. The lowest BCUT2D eigenvalue weighted by Crippen LogP contribution is -2.43. The quantitative estimate of drug-likeness (QED) is 0.738. The lowest BCUT2D eigenvalue weighted by atomic mass is 9.97. The van der Waals surface area contributed by atoms with Crippen LogP contribution in [0.2, 0.25) is 0 Å². The fourth-order valence-corrected chi connectivity index (χ4v) is 3.86. The topological polar surface area (TPSA) is 64.4 Å². The Morgan fingerprint density at radius 1 is 1.29 bits per heavy atom. The zero-order chi connectivity index (χ0) is 20.3. The third-order valence-electron chi connectivity index (χ3n) is 5.26. The van der Waals surface area contributed by atoms with Gasteiger partial charge in [0.1, 0.15) is 0 Å². The summed E-state index contributed by atoms with van der Waals surface area (Å²) in [6, 6.07) is 8.02. The fraction of sp³-hybridized carbons (Fsp3) is 0.500. The molecule has 0 N–H and O–H groups in total. The van der Waals surface area contributed by atoms with Crippen LogP contribution in [-0.4, -0.2) is 46.3 Å². The highest BCUT2D eigenvalue weighted by Gasteiger charge is 2.32. The molecule has 0 unspecified atom stereocenters. The molecule has 3 rings (SSSR count).